The topological polar surface area (TPSA) is 26.3 Å². The lowest BCUT2D eigenvalue weighted by molar-refractivity contribution is -0.145. The second kappa shape index (κ2) is 4.85. The molecule has 13 heavy (non-hydrogen) atoms. The van der Waals surface area contributed by atoms with Gasteiger partial charge in [-0.2, -0.15) is 0 Å². The number of alkyl halides is 3. The van der Waals surface area contributed by atoms with Crippen LogP contribution < -0.4 is 0 Å². The van der Waals surface area contributed by atoms with Crippen LogP contribution in [0.15, 0.2) is 0 Å². The molecule has 0 aliphatic heterocycles. The summed E-state index contributed by atoms with van der Waals surface area (Å²) >= 11 is 14.7. The zero-order chi connectivity index (χ0) is 9.90. The van der Waals surface area contributed by atoms with Crippen LogP contribution in [0.3, 0.4) is 0 Å². The van der Waals surface area contributed by atoms with Crippen molar-refractivity contribution in [2.75, 3.05) is 11.9 Å². The molecule has 2 nitrogen and oxygen atoms in total. The maximum absolute atomic E-state index is 11.2. The minimum atomic E-state index is -0.855. The molecule has 0 aromatic heterocycles. The van der Waals surface area contributed by atoms with E-state index in [2.05, 4.69) is 15.9 Å². The maximum Gasteiger partial charge on any atom is 0.312 e. The van der Waals surface area contributed by atoms with Gasteiger partial charge in [0.1, 0.15) is 4.33 Å². The SMILES string of the molecule is O=C(OCCCCBr)[C@H]1CC1(Cl)Cl. The Morgan fingerprint density at radius 3 is 2.62 bits per heavy atom. The van der Waals surface area contributed by atoms with Gasteiger partial charge >= 0.3 is 5.97 Å². The van der Waals surface area contributed by atoms with E-state index in [1.165, 1.54) is 0 Å². The van der Waals surface area contributed by atoms with Crippen molar-refractivity contribution < 1.29 is 9.53 Å². The van der Waals surface area contributed by atoms with E-state index in [0.29, 0.717) is 13.0 Å². The van der Waals surface area contributed by atoms with Crippen LogP contribution in [0.2, 0.25) is 0 Å². The van der Waals surface area contributed by atoms with E-state index in [4.69, 9.17) is 27.9 Å². The highest BCUT2D eigenvalue weighted by Crippen LogP contribution is 2.53. The first kappa shape index (κ1) is 11.6. The molecule has 1 atom stereocenters. The molecule has 1 rings (SSSR count). The molecule has 76 valence electrons. The van der Waals surface area contributed by atoms with Gasteiger partial charge in [0.25, 0.3) is 0 Å². The van der Waals surface area contributed by atoms with Crippen molar-refractivity contribution in [2.24, 2.45) is 5.92 Å². The van der Waals surface area contributed by atoms with Crippen LogP contribution in [0.5, 0.6) is 0 Å². The summed E-state index contributed by atoms with van der Waals surface area (Å²) in [5.41, 5.74) is 0. The maximum atomic E-state index is 11.2. The molecule has 0 amide bonds. The predicted octanol–water partition coefficient (Wildman–Crippen LogP) is 2.90. The van der Waals surface area contributed by atoms with Gasteiger partial charge in [-0.3, -0.25) is 4.79 Å². The standard InChI is InChI=1S/C8H11BrCl2O2/c9-3-1-2-4-13-7(12)6-5-8(6,10)11/h6H,1-5H2/t6-/m1/s1. The molecule has 0 aromatic rings. The van der Waals surface area contributed by atoms with Crippen LogP contribution in [0, 0.1) is 5.92 Å². The highest BCUT2D eigenvalue weighted by Gasteiger charge is 2.57. The molecule has 0 bridgehead atoms. The second-order valence-electron chi connectivity index (χ2n) is 3.08. The molecule has 1 aliphatic rings. The summed E-state index contributed by atoms with van der Waals surface area (Å²) in [6, 6.07) is 0. The fourth-order valence-electron chi connectivity index (χ4n) is 0.939. The number of esters is 1. The van der Waals surface area contributed by atoms with Gasteiger partial charge in [0.15, 0.2) is 0 Å². The number of carbonyl (C=O) groups excluding carboxylic acids is 1. The molecule has 1 saturated carbocycles. The third-order valence-electron chi connectivity index (χ3n) is 1.88. The Balaban J connectivity index is 2.06. The Morgan fingerprint density at radius 2 is 2.15 bits per heavy atom. The summed E-state index contributed by atoms with van der Waals surface area (Å²) in [5.74, 6) is -0.570. The van der Waals surface area contributed by atoms with Gasteiger partial charge in [-0.1, -0.05) is 15.9 Å². The van der Waals surface area contributed by atoms with Gasteiger partial charge < -0.3 is 4.74 Å². The number of rotatable bonds is 5. The normalized spacial score (nSPS) is 24.1. The minimum absolute atomic E-state index is 0.264. The molecule has 0 radical (unpaired) electrons. The quantitative estimate of drug-likeness (QED) is 0.442. The van der Waals surface area contributed by atoms with Crippen LogP contribution in [-0.2, 0) is 9.53 Å². The van der Waals surface area contributed by atoms with Crippen molar-refractivity contribution in [3.05, 3.63) is 0 Å². The Labute approximate surface area is 96.0 Å². The van der Waals surface area contributed by atoms with Crippen molar-refractivity contribution in [3.8, 4) is 0 Å². The molecular weight excluding hydrogens is 279 g/mol. The molecule has 0 heterocycles. The van der Waals surface area contributed by atoms with Gasteiger partial charge in [0.05, 0.1) is 12.5 Å². The van der Waals surface area contributed by atoms with E-state index >= 15 is 0 Å². The van der Waals surface area contributed by atoms with Crippen molar-refractivity contribution in [3.63, 3.8) is 0 Å². The lowest BCUT2D eigenvalue weighted by Crippen LogP contribution is -2.11. The molecule has 1 fully saturated rings. The molecule has 0 aromatic carbocycles. The zero-order valence-electron chi connectivity index (χ0n) is 7.06. The van der Waals surface area contributed by atoms with E-state index in [-0.39, 0.29) is 11.9 Å². The van der Waals surface area contributed by atoms with E-state index in [0.717, 1.165) is 18.2 Å². The summed E-state index contributed by atoms with van der Waals surface area (Å²) in [6.45, 7) is 0.463. The third kappa shape index (κ3) is 3.64. The summed E-state index contributed by atoms with van der Waals surface area (Å²) in [5, 5.41) is 0.933. The fourth-order valence-corrected chi connectivity index (χ4v) is 1.82. The Hall–Kier alpha value is 0.530. The van der Waals surface area contributed by atoms with E-state index in [1.54, 1.807) is 0 Å². The van der Waals surface area contributed by atoms with Gasteiger partial charge in [-0.15, -0.1) is 23.2 Å². The average Bonchev–Trinajstić information content (AvgIpc) is 2.69. The van der Waals surface area contributed by atoms with Gasteiger partial charge in [0, 0.05) is 5.33 Å². The summed E-state index contributed by atoms with van der Waals surface area (Å²) in [7, 11) is 0. The number of ether oxygens (including phenoxy) is 1. The summed E-state index contributed by atoms with van der Waals surface area (Å²) < 4.78 is 4.12. The van der Waals surface area contributed by atoms with Crippen LogP contribution in [0.25, 0.3) is 0 Å². The van der Waals surface area contributed by atoms with Crippen molar-refractivity contribution in [2.45, 2.75) is 23.6 Å². The van der Waals surface area contributed by atoms with Gasteiger partial charge in [-0.05, 0) is 19.3 Å². The number of hydrogen-bond acceptors (Lipinski definition) is 2. The molecule has 1 aliphatic carbocycles. The number of halogens is 3. The smallest absolute Gasteiger partial charge is 0.312 e. The lowest BCUT2D eigenvalue weighted by Gasteiger charge is -2.03. The van der Waals surface area contributed by atoms with E-state index in [9.17, 15) is 4.79 Å². The number of carbonyl (C=O) groups is 1. The van der Waals surface area contributed by atoms with E-state index < -0.39 is 4.33 Å². The van der Waals surface area contributed by atoms with Gasteiger partial charge in [0.2, 0.25) is 0 Å². The molecule has 0 saturated heterocycles. The summed E-state index contributed by atoms with van der Waals surface area (Å²) in [4.78, 5) is 11.2. The van der Waals surface area contributed by atoms with Crippen molar-refractivity contribution in [1.29, 1.82) is 0 Å². The first-order chi connectivity index (χ1) is 6.08. The highest BCUT2D eigenvalue weighted by atomic mass is 79.9. The Kier molecular flexibility index (Phi) is 4.33. The highest BCUT2D eigenvalue weighted by molar-refractivity contribution is 9.09. The average molecular weight is 290 g/mol. The number of unbranched alkanes of at least 4 members (excludes halogenated alkanes) is 1. The van der Waals surface area contributed by atoms with Gasteiger partial charge in [-0.25, -0.2) is 0 Å². The minimum Gasteiger partial charge on any atom is -0.465 e. The van der Waals surface area contributed by atoms with Crippen molar-refractivity contribution >= 4 is 45.1 Å². The molecule has 0 spiro atoms. The molecule has 5 heteroatoms. The molecular formula is C8H11BrCl2O2. The van der Waals surface area contributed by atoms with Crippen molar-refractivity contribution in [1.82, 2.24) is 0 Å². The third-order valence-corrected chi connectivity index (χ3v) is 3.28. The van der Waals surface area contributed by atoms with E-state index in [1.807, 2.05) is 0 Å². The first-order valence-electron chi connectivity index (χ1n) is 4.18. The molecule has 0 unspecified atom stereocenters. The zero-order valence-corrected chi connectivity index (χ0v) is 10.2. The molecule has 0 N–H and O–H groups in total. The lowest BCUT2D eigenvalue weighted by atomic mass is 10.3. The first-order valence-corrected chi connectivity index (χ1v) is 6.06. The Morgan fingerprint density at radius 1 is 1.54 bits per heavy atom. The largest absolute Gasteiger partial charge is 0.465 e. The van der Waals surface area contributed by atoms with Crippen LogP contribution in [-0.4, -0.2) is 22.2 Å². The second-order valence-corrected chi connectivity index (χ2v) is 5.42. The number of hydrogen-bond donors (Lipinski definition) is 0. The monoisotopic (exact) mass is 288 g/mol. The van der Waals surface area contributed by atoms with Crippen LogP contribution in [0.4, 0.5) is 0 Å². The summed E-state index contributed by atoms with van der Waals surface area (Å²) in [6.07, 6.45) is 2.40. The Bertz CT molecular complexity index is 197. The fraction of sp³-hybridized carbons (Fsp3) is 0.875. The van der Waals surface area contributed by atoms with Crippen LogP contribution in [0.1, 0.15) is 19.3 Å². The van der Waals surface area contributed by atoms with Crippen LogP contribution >= 0.6 is 39.1 Å². The predicted molar refractivity (Wildman–Crippen MR) is 56.5 cm³/mol.